The van der Waals surface area contributed by atoms with Crippen LogP contribution in [0.5, 0.6) is 0 Å². The van der Waals surface area contributed by atoms with Crippen LogP contribution in [0.15, 0.2) is 0 Å². The Bertz CT molecular complexity index is 135. The molecule has 0 amide bonds. The molecule has 0 rings (SSSR count). The molecule has 0 saturated carbocycles. The van der Waals surface area contributed by atoms with Gasteiger partial charge in [-0.1, -0.05) is 6.92 Å². The molecule has 0 aromatic carbocycles. The Labute approximate surface area is 97.1 Å². The Morgan fingerprint density at radius 3 is 1.94 bits per heavy atom. The largest absolute Gasteiger partial charge is 0.396 e. The highest BCUT2D eigenvalue weighted by Gasteiger charge is 2.16. The van der Waals surface area contributed by atoms with Crippen LogP contribution < -0.4 is 5.32 Å². The molecule has 3 N–H and O–H groups in total. The van der Waals surface area contributed by atoms with Crippen LogP contribution in [0, 0.1) is 0 Å². The Morgan fingerprint density at radius 2 is 1.62 bits per heavy atom. The van der Waals surface area contributed by atoms with Crippen LogP contribution in [0.2, 0.25) is 0 Å². The zero-order valence-corrected chi connectivity index (χ0v) is 10.2. The summed E-state index contributed by atoms with van der Waals surface area (Å²) < 4.78 is 0. The molecule has 98 valence electrons. The van der Waals surface area contributed by atoms with Gasteiger partial charge in [-0.2, -0.15) is 0 Å². The van der Waals surface area contributed by atoms with E-state index in [0.29, 0.717) is 26.1 Å². The maximum atomic E-state index is 8.66. The van der Waals surface area contributed by atoms with Crippen LogP contribution in [0.3, 0.4) is 0 Å². The van der Waals surface area contributed by atoms with Crippen molar-refractivity contribution in [1.29, 1.82) is 0 Å². The molecule has 0 aliphatic carbocycles. The fourth-order valence-corrected chi connectivity index (χ4v) is 1.11. The molecule has 6 heteroatoms. The van der Waals surface area contributed by atoms with E-state index in [9.17, 15) is 0 Å². The predicted octanol–water partition coefficient (Wildman–Crippen LogP) is -0.128. The molecule has 0 aromatic rings. The average molecular weight is 236 g/mol. The fraction of sp³-hybridized carbons (Fsp3) is 1.00. The lowest BCUT2D eigenvalue weighted by atomic mass is 10.4. The van der Waals surface area contributed by atoms with Crippen molar-refractivity contribution in [1.82, 2.24) is 10.5 Å². The third-order valence-electron chi connectivity index (χ3n) is 2.02. The summed E-state index contributed by atoms with van der Waals surface area (Å²) in [6.45, 7) is 3.03. The Kier molecular flexibility index (Phi) is 11.1. The van der Waals surface area contributed by atoms with Gasteiger partial charge in [0.25, 0.3) is 0 Å². The standard InChI is InChI=1S/C10H24N2O4/c1-3-10(11-2)12(15-8-4-6-13)16-9-5-7-14/h10-11,13-14H,3-9H2,1-2H3. The summed E-state index contributed by atoms with van der Waals surface area (Å²) in [5.74, 6) is 0. The van der Waals surface area contributed by atoms with E-state index in [1.165, 1.54) is 5.23 Å². The summed E-state index contributed by atoms with van der Waals surface area (Å²) >= 11 is 0. The van der Waals surface area contributed by atoms with Gasteiger partial charge >= 0.3 is 0 Å². The lowest BCUT2D eigenvalue weighted by Crippen LogP contribution is -2.44. The normalized spacial score (nSPS) is 13.3. The number of aliphatic hydroxyl groups excluding tert-OH is 2. The predicted molar refractivity (Wildman–Crippen MR) is 60.3 cm³/mol. The quantitative estimate of drug-likeness (QED) is 0.264. The number of hydroxylamine groups is 2. The minimum atomic E-state index is -0.0302. The van der Waals surface area contributed by atoms with Crippen LogP contribution >= 0.6 is 0 Å². The Hall–Kier alpha value is -0.240. The second-order valence-corrected chi connectivity index (χ2v) is 3.32. The topological polar surface area (TPSA) is 74.2 Å². The van der Waals surface area contributed by atoms with Crippen molar-refractivity contribution >= 4 is 0 Å². The molecular weight excluding hydrogens is 212 g/mol. The smallest absolute Gasteiger partial charge is 0.112 e. The molecular formula is C10H24N2O4. The molecule has 1 atom stereocenters. The molecule has 0 spiro atoms. The van der Waals surface area contributed by atoms with Crippen molar-refractivity contribution in [2.45, 2.75) is 32.4 Å². The summed E-state index contributed by atoms with van der Waals surface area (Å²) in [6.07, 6.45) is 1.94. The van der Waals surface area contributed by atoms with Gasteiger partial charge in [-0.25, -0.2) is 0 Å². The van der Waals surface area contributed by atoms with Crippen molar-refractivity contribution in [3.8, 4) is 0 Å². The zero-order chi connectivity index (χ0) is 12.2. The van der Waals surface area contributed by atoms with Gasteiger partial charge in [0.2, 0.25) is 0 Å². The molecule has 0 aliphatic heterocycles. The molecule has 0 bridgehead atoms. The van der Waals surface area contributed by atoms with E-state index in [4.69, 9.17) is 19.9 Å². The van der Waals surface area contributed by atoms with Crippen LogP contribution in [-0.4, -0.2) is 55.1 Å². The summed E-state index contributed by atoms with van der Waals surface area (Å²) in [4.78, 5) is 10.8. The molecule has 16 heavy (non-hydrogen) atoms. The van der Waals surface area contributed by atoms with E-state index in [1.807, 2.05) is 14.0 Å². The molecule has 0 radical (unpaired) electrons. The lowest BCUT2D eigenvalue weighted by Gasteiger charge is -2.28. The van der Waals surface area contributed by atoms with Gasteiger partial charge in [-0.15, -0.1) is 0 Å². The third-order valence-corrected chi connectivity index (χ3v) is 2.02. The summed E-state index contributed by atoms with van der Waals surface area (Å²) in [5.41, 5.74) is 0. The van der Waals surface area contributed by atoms with E-state index in [2.05, 4.69) is 5.32 Å². The van der Waals surface area contributed by atoms with Crippen LogP contribution in [0.4, 0.5) is 0 Å². The van der Waals surface area contributed by atoms with Gasteiger partial charge in [0.1, 0.15) is 6.17 Å². The molecule has 0 aliphatic rings. The number of hydrogen-bond acceptors (Lipinski definition) is 6. The highest BCUT2D eigenvalue weighted by molar-refractivity contribution is 4.51. The van der Waals surface area contributed by atoms with Gasteiger partial charge in [-0.05, 0) is 31.5 Å². The van der Waals surface area contributed by atoms with Crippen molar-refractivity contribution < 1.29 is 19.9 Å². The first-order valence-electron chi connectivity index (χ1n) is 5.74. The van der Waals surface area contributed by atoms with Crippen molar-refractivity contribution in [3.63, 3.8) is 0 Å². The van der Waals surface area contributed by atoms with Gasteiger partial charge in [0.05, 0.1) is 13.2 Å². The molecule has 0 aromatic heterocycles. The fourth-order valence-electron chi connectivity index (χ4n) is 1.11. The second kappa shape index (κ2) is 11.3. The highest BCUT2D eigenvalue weighted by atomic mass is 17.0. The number of hydrogen-bond donors (Lipinski definition) is 3. The SMILES string of the molecule is CCC(NC)N(OCCCO)OCCCO. The third kappa shape index (κ3) is 7.10. The molecule has 6 nitrogen and oxygen atoms in total. The van der Waals surface area contributed by atoms with E-state index < -0.39 is 0 Å². The van der Waals surface area contributed by atoms with Gasteiger partial charge in [0, 0.05) is 13.2 Å². The Balaban J connectivity index is 3.93. The number of aliphatic hydroxyl groups is 2. The second-order valence-electron chi connectivity index (χ2n) is 3.32. The summed E-state index contributed by atoms with van der Waals surface area (Å²) in [5, 5.41) is 21.8. The monoisotopic (exact) mass is 236 g/mol. The lowest BCUT2D eigenvalue weighted by molar-refractivity contribution is -0.393. The maximum Gasteiger partial charge on any atom is 0.112 e. The van der Waals surface area contributed by atoms with Gasteiger partial charge < -0.3 is 15.5 Å². The van der Waals surface area contributed by atoms with Crippen LogP contribution in [0.1, 0.15) is 26.2 Å². The van der Waals surface area contributed by atoms with Gasteiger partial charge in [-0.3, -0.25) is 9.68 Å². The first-order chi connectivity index (χ1) is 7.79. The average Bonchev–Trinajstić information content (AvgIpc) is 2.30. The van der Waals surface area contributed by atoms with Gasteiger partial charge in [0.15, 0.2) is 0 Å². The minimum absolute atomic E-state index is 0.0302. The number of nitrogens with zero attached hydrogens (tertiary/aromatic N) is 1. The summed E-state index contributed by atoms with van der Waals surface area (Å²) in [7, 11) is 1.83. The molecule has 1 unspecified atom stereocenters. The van der Waals surface area contributed by atoms with Crippen molar-refractivity contribution in [3.05, 3.63) is 0 Å². The summed E-state index contributed by atoms with van der Waals surface area (Å²) in [6, 6.07) is 0. The van der Waals surface area contributed by atoms with E-state index in [1.54, 1.807) is 0 Å². The number of rotatable bonds is 11. The van der Waals surface area contributed by atoms with Crippen molar-refractivity contribution in [2.75, 3.05) is 33.5 Å². The zero-order valence-electron chi connectivity index (χ0n) is 10.2. The Morgan fingerprint density at radius 1 is 1.12 bits per heavy atom. The first kappa shape index (κ1) is 15.8. The van der Waals surface area contributed by atoms with E-state index in [-0.39, 0.29) is 19.4 Å². The van der Waals surface area contributed by atoms with Crippen LogP contribution in [-0.2, 0) is 9.68 Å². The van der Waals surface area contributed by atoms with E-state index >= 15 is 0 Å². The molecule has 0 saturated heterocycles. The maximum absolute atomic E-state index is 8.66. The van der Waals surface area contributed by atoms with E-state index in [0.717, 1.165) is 6.42 Å². The minimum Gasteiger partial charge on any atom is -0.396 e. The first-order valence-corrected chi connectivity index (χ1v) is 5.74. The van der Waals surface area contributed by atoms with Crippen LogP contribution in [0.25, 0.3) is 0 Å². The molecule has 0 fully saturated rings. The van der Waals surface area contributed by atoms with Crippen molar-refractivity contribution in [2.24, 2.45) is 0 Å². The number of nitrogens with one attached hydrogen (secondary N) is 1. The highest BCUT2D eigenvalue weighted by Crippen LogP contribution is 2.04. The molecule has 0 heterocycles.